The van der Waals surface area contributed by atoms with Gasteiger partial charge in [-0.2, -0.15) is 0 Å². The fourth-order valence-electron chi connectivity index (χ4n) is 3.24. The van der Waals surface area contributed by atoms with Gasteiger partial charge in [0.15, 0.2) is 18.1 Å². The summed E-state index contributed by atoms with van der Waals surface area (Å²) in [5.41, 5.74) is 8.19. The van der Waals surface area contributed by atoms with E-state index in [9.17, 15) is 14.4 Å². The van der Waals surface area contributed by atoms with Crippen molar-refractivity contribution in [3.05, 3.63) is 95.6 Å². The first kappa shape index (κ1) is 25.3. The minimum absolute atomic E-state index is 0.127. The predicted molar refractivity (Wildman–Crippen MR) is 129 cm³/mol. The van der Waals surface area contributed by atoms with Crippen LogP contribution in [0.25, 0.3) is 0 Å². The molecule has 0 spiro atoms. The van der Waals surface area contributed by atoms with Gasteiger partial charge in [-0.3, -0.25) is 14.4 Å². The van der Waals surface area contributed by atoms with E-state index >= 15 is 0 Å². The molecule has 3 N–H and O–H groups in total. The molecular formula is C27H28N2O6. The topological polar surface area (TPSA) is 117 Å². The third kappa shape index (κ3) is 8.51. The predicted octanol–water partition coefficient (Wildman–Crippen LogP) is 2.92. The number of ether oxygens (including phenoxy) is 3. The lowest BCUT2D eigenvalue weighted by molar-refractivity contribution is -0.146. The van der Waals surface area contributed by atoms with E-state index in [2.05, 4.69) is 10.1 Å². The highest BCUT2D eigenvalue weighted by molar-refractivity contribution is 5.88. The van der Waals surface area contributed by atoms with Crippen LogP contribution in [0, 0.1) is 0 Å². The van der Waals surface area contributed by atoms with E-state index in [1.165, 1.54) is 6.92 Å². The molecule has 0 fully saturated rings. The monoisotopic (exact) mass is 476 g/mol. The number of hydrogen-bond donors (Lipinski definition) is 2. The zero-order chi connectivity index (χ0) is 25.0. The van der Waals surface area contributed by atoms with Crippen LogP contribution in [0.15, 0.2) is 78.9 Å². The number of carbonyl (C=O) groups is 3. The molecular weight excluding hydrogens is 448 g/mol. The average molecular weight is 477 g/mol. The molecule has 0 aliphatic heterocycles. The van der Waals surface area contributed by atoms with Crippen LogP contribution in [0.5, 0.6) is 11.5 Å². The van der Waals surface area contributed by atoms with E-state index in [-0.39, 0.29) is 6.42 Å². The summed E-state index contributed by atoms with van der Waals surface area (Å²) in [6.07, 6.45) is 0.127. The van der Waals surface area contributed by atoms with Crippen LogP contribution in [0.2, 0.25) is 0 Å². The Labute approximate surface area is 204 Å². The molecule has 0 unspecified atom stereocenters. The Hall–Kier alpha value is -4.33. The highest BCUT2D eigenvalue weighted by Crippen LogP contribution is 2.30. The van der Waals surface area contributed by atoms with Crippen molar-refractivity contribution in [3.8, 4) is 11.5 Å². The molecule has 3 aromatic rings. The highest BCUT2D eigenvalue weighted by atomic mass is 16.5. The summed E-state index contributed by atoms with van der Waals surface area (Å²) in [5.74, 6) is -0.883. The van der Waals surface area contributed by atoms with Crippen LogP contribution in [-0.2, 0) is 38.8 Å². The number of nitrogens with two attached hydrogens (primary N) is 1. The van der Waals surface area contributed by atoms with Crippen molar-refractivity contribution in [1.82, 2.24) is 5.32 Å². The quantitative estimate of drug-likeness (QED) is 0.388. The second-order valence-corrected chi connectivity index (χ2v) is 7.84. The van der Waals surface area contributed by atoms with E-state index in [1.54, 1.807) is 18.2 Å². The van der Waals surface area contributed by atoms with Crippen molar-refractivity contribution >= 4 is 17.8 Å². The van der Waals surface area contributed by atoms with Gasteiger partial charge < -0.3 is 25.3 Å². The lowest BCUT2D eigenvalue weighted by Crippen LogP contribution is -2.47. The zero-order valence-corrected chi connectivity index (χ0v) is 19.4. The fraction of sp³-hybridized carbons (Fsp3) is 0.222. The summed E-state index contributed by atoms with van der Waals surface area (Å²) in [4.78, 5) is 34.9. The number of nitrogens with one attached hydrogen (secondary N) is 1. The van der Waals surface area contributed by atoms with Gasteiger partial charge >= 0.3 is 5.97 Å². The molecule has 1 atom stereocenters. The maximum Gasteiger partial charge on any atom is 0.303 e. The molecule has 8 nitrogen and oxygen atoms in total. The molecule has 2 amide bonds. The van der Waals surface area contributed by atoms with Crippen LogP contribution >= 0.6 is 0 Å². The maximum atomic E-state index is 12.0. The summed E-state index contributed by atoms with van der Waals surface area (Å²) in [6, 6.07) is 23.8. The molecule has 0 aliphatic rings. The maximum absolute atomic E-state index is 12.0. The molecule has 0 radical (unpaired) electrons. The first-order valence-corrected chi connectivity index (χ1v) is 11.1. The molecule has 35 heavy (non-hydrogen) atoms. The third-order valence-electron chi connectivity index (χ3n) is 5.01. The molecule has 0 aliphatic carbocycles. The van der Waals surface area contributed by atoms with Crippen molar-refractivity contribution in [3.63, 3.8) is 0 Å². The number of hydrogen-bond acceptors (Lipinski definition) is 6. The van der Waals surface area contributed by atoms with Crippen LogP contribution < -0.4 is 20.5 Å². The van der Waals surface area contributed by atoms with Crippen molar-refractivity contribution in [2.24, 2.45) is 5.73 Å². The molecule has 8 heteroatoms. The minimum atomic E-state index is -0.990. The normalized spacial score (nSPS) is 11.2. The third-order valence-corrected chi connectivity index (χ3v) is 5.01. The Morgan fingerprint density at radius 2 is 1.37 bits per heavy atom. The number of primary amides is 1. The molecule has 0 bridgehead atoms. The van der Waals surface area contributed by atoms with Gasteiger partial charge in [-0.05, 0) is 28.8 Å². The molecule has 0 saturated heterocycles. The molecule has 182 valence electrons. The average Bonchev–Trinajstić information content (AvgIpc) is 2.86. The summed E-state index contributed by atoms with van der Waals surface area (Å²) >= 11 is 0. The van der Waals surface area contributed by atoms with E-state index in [0.29, 0.717) is 30.3 Å². The largest absolute Gasteiger partial charge is 0.485 e. The number of benzene rings is 3. The minimum Gasteiger partial charge on any atom is -0.485 e. The van der Waals surface area contributed by atoms with Gasteiger partial charge in [-0.25, -0.2) is 0 Å². The molecule has 3 rings (SSSR count). The first-order chi connectivity index (χ1) is 16.9. The van der Waals surface area contributed by atoms with Crippen molar-refractivity contribution in [2.45, 2.75) is 32.6 Å². The SMILES string of the molecule is CC(=O)OCC(=O)N[C@@H](Cc1ccc(OCc2ccccc2)c(OCc2ccccc2)c1)C(N)=O. The van der Waals surface area contributed by atoms with Gasteiger partial charge in [0.2, 0.25) is 5.91 Å². The Kier molecular flexibility index (Phi) is 9.24. The fourth-order valence-corrected chi connectivity index (χ4v) is 3.24. The summed E-state index contributed by atoms with van der Waals surface area (Å²) < 4.78 is 16.7. The van der Waals surface area contributed by atoms with Crippen LogP contribution in [0.1, 0.15) is 23.6 Å². The van der Waals surface area contributed by atoms with E-state index in [1.807, 2.05) is 60.7 Å². The van der Waals surface area contributed by atoms with Gasteiger partial charge in [0.05, 0.1) is 0 Å². The van der Waals surface area contributed by atoms with Crippen LogP contribution in [-0.4, -0.2) is 30.4 Å². The van der Waals surface area contributed by atoms with Gasteiger partial charge in [0, 0.05) is 13.3 Å². The molecule has 3 aromatic carbocycles. The molecule has 0 saturated carbocycles. The number of amides is 2. The van der Waals surface area contributed by atoms with Gasteiger partial charge in [0.25, 0.3) is 5.91 Å². The second kappa shape index (κ2) is 12.8. The lowest BCUT2D eigenvalue weighted by atomic mass is 10.0. The van der Waals surface area contributed by atoms with Crippen molar-refractivity contribution < 1.29 is 28.6 Å². The van der Waals surface area contributed by atoms with Crippen molar-refractivity contribution in [1.29, 1.82) is 0 Å². The molecule has 0 heterocycles. The standard InChI is InChI=1S/C27H28N2O6/c1-19(30)33-18-26(31)29-23(27(28)32)14-22-12-13-24(34-16-20-8-4-2-5-9-20)25(15-22)35-17-21-10-6-3-7-11-21/h2-13,15,23H,14,16-18H2,1H3,(H2,28,32)(H,29,31)/t23-/m0/s1. The van der Waals surface area contributed by atoms with E-state index in [0.717, 1.165) is 11.1 Å². The van der Waals surface area contributed by atoms with E-state index in [4.69, 9.17) is 15.2 Å². The van der Waals surface area contributed by atoms with Crippen LogP contribution in [0.4, 0.5) is 0 Å². The van der Waals surface area contributed by atoms with E-state index < -0.39 is 30.4 Å². The number of rotatable bonds is 12. The Bertz CT molecular complexity index is 1130. The Morgan fingerprint density at radius 1 is 0.800 bits per heavy atom. The number of esters is 1. The smallest absolute Gasteiger partial charge is 0.303 e. The first-order valence-electron chi connectivity index (χ1n) is 11.1. The highest BCUT2D eigenvalue weighted by Gasteiger charge is 2.20. The summed E-state index contributed by atoms with van der Waals surface area (Å²) in [6.45, 7) is 1.39. The number of carbonyl (C=O) groups excluding carboxylic acids is 3. The van der Waals surface area contributed by atoms with Gasteiger partial charge in [0.1, 0.15) is 19.3 Å². The Balaban J connectivity index is 1.75. The van der Waals surface area contributed by atoms with Gasteiger partial charge in [-0.15, -0.1) is 0 Å². The summed E-state index contributed by atoms with van der Waals surface area (Å²) in [5, 5.41) is 2.50. The molecule has 0 aromatic heterocycles. The Morgan fingerprint density at radius 3 is 1.91 bits per heavy atom. The van der Waals surface area contributed by atoms with Gasteiger partial charge in [-0.1, -0.05) is 66.7 Å². The van der Waals surface area contributed by atoms with Crippen LogP contribution in [0.3, 0.4) is 0 Å². The lowest BCUT2D eigenvalue weighted by Gasteiger charge is -2.18. The summed E-state index contributed by atoms with van der Waals surface area (Å²) in [7, 11) is 0. The second-order valence-electron chi connectivity index (χ2n) is 7.84. The zero-order valence-electron chi connectivity index (χ0n) is 19.4. The van der Waals surface area contributed by atoms with Crippen molar-refractivity contribution in [2.75, 3.05) is 6.61 Å².